The summed E-state index contributed by atoms with van der Waals surface area (Å²) in [6.45, 7) is 6.82. The molecule has 1 amide bonds. The van der Waals surface area contributed by atoms with Crippen LogP contribution < -0.4 is 10.2 Å². The number of likely N-dealkylation sites (N-methyl/N-ethyl adjacent to an activating group) is 1. The summed E-state index contributed by atoms with van der Waals surface area (Å²) in [6, 6.07) is -0.891. The summed E-state index contributed by atoms with van der Waals surface area (Å²) in [4.78, 5) is 39.9. The number of ether oxygens (including phenoxy) is 1. The van der Waals surface area contributed by atoms with Crippen molar-refractivity contribution in [3.05, 3.63) is 60.8 Å². The van der Waals surface area contributed by atoms with Gasteiger partial charge in [-0.15, -0.1) is 0 Å². The smallest absolute Gasteiger partial charge is 0.306 e. The highest BCUT2D eigenvalue weighted by Gasteiger charge is 2.27. The predicted molar refractivity (Wildman–Crippen MR) is 316 cm³/mol. The highest BCUT2D eigenvalue weighted by molar-refractivity contribution is 7.45. The van der Waals surface area contributed by atoms with Crippen LogP contribution in [0.15, 0.2) is 60.8 Å². The fourth-order valence-corrected chi connectivity index (χ4v) is 9.58. The number of carbonyl (C=O) groups excluding carboxylic acids is 2. The number of phosphoric acid groups is 1. The van der Waals surface area contributed by atoms with E-state index in [4.69, 9.17) is 13.8 Å². The molecule has 0 aliphatic rings. The number of phosphoric ester groups is 1. The van der Waals surface area contributed by atoms with Crippen molar-refractivity contribution >= 4 is 19.7 Å². The molecule has 0 aliphatic heterocycles. The van der Waals surface area contributed by atoms with Crippen LogP contribution in [0.5, 0.6) is 0 Å². The summed E-state index contributed by atoms with van der Waals surface area (Å²) in [5.74, 6) is -0.547. The molecule has 0 aromatic carbocycles. The molecule has 74 heavy (non-hydrogen) atoms. The molecule has 10 heteroatoms. The Morgan fingerprint density at radius 2 is 0.824 bits per heavy atom. The summed E-state index contributed by atoms with van der Waals surface area (Å²) in [6.07, 6.45) is 67.5. The molecule has 0 aromatic rings. The van der Waals surface area contributed by atoms with E-state index in [9.17, 15) is 19.0 Å². The summed E-state index contributed by atoms with van der Waals surface area (Å²) >= 11 is 0. The maximum Gasteiger partial charge on any atom is 0.306 e. The fourth-order valence-electron chi connectivity index (χ4n) is 8.86. The van der Waals surface area contributed by atoms with Gasteiger partial charge in [0.2, 0.25) is 5.91 Å². The van der Waals surface area contributed by atoms with Gasteiger partial charge in [0.05, 0.1) is 33.8 Å². The number of nitrogens with one attached hydrogen (secondary N) is 1. The first-order valence-corrected chi connectivity index (χ1v) is 32.6. The van der Waals surface area contributed by atoms with Crippen molar-refractivity contribution in [1.29, 1.82) is 0 Å². The number of hydrogen-bond acceptors (Lipinski definition) is 7. The van der Waals surface area contributed by atoms with Gasteiger partial charge in [0.1, 0.15) is 19.3 Å². The molecule has 0 bridgehead atoms. The van der Waals surface area contributed by atoms with Gasteiger partial charge in [0.15, 0.2) is 0 Å². The highest BCUT2D eigenvalue weighted by atomic mass is 31.2. The standard InChI is InChI=1S/C64H119N2O7P/c1-7-10-13-16-19-22-25-28-29-30-31-32-33-34-35-36-37-39-42-45-48-51-54-57-64(68)73-62(55-52-49-46-43-40-27-24-21-18-15-12-9-3)61(60-72-74(69,70)71-59-58-66(4,5)6)65-63(67)56-53-50-47-44-41-38-26-23-20-17-14-11-8-2/h19,22,28-29,31-32,34-35,52,55,61-62H,7-18,20-21,23-27,30,33,36-51,53-54,56-60H2,1-6H3,(H-,65,67,69,70)/b22-19-,29-28-,32-31-,35-34-,55-52+. The van der Waals surface area contributed by atoms with E-state index in [0.717, 1.165) is 89.9 Å². The van der Waals surface area contributed by atoms with Crippen molar-refractivity contribution in [3.8, 4) is 0 Å². The third-order valence-electron chi connectivity index (χ3n) is 13.7. The molecule has 3 unspecified atom stereocenters. The Bertz CT molecular complexity index is 1450. The zero-order chi connectivity index (χ0) is 54.3. The van der Waals surface area contributed by atoms with Gasteiger partial charge in [-0.25, -0.2) is 0 Å². The lowest BCUT2D eigenvalue weighted by Gasteiger charge is -2.30. The van der Waals surface area contributed by atoms with Crippen LogP contribution >= 0.6 is 7.82 Å². The first-order valence-electron chi connectivity index (χ1n) is 31.1. The first-order chi connectivity index (χ1) is 35.9. The fraction of sp³-hybridized carbons (Fsp3) is 0.812. The predicted octanol–water partition coefficient (Wildman–Crippen LogP) is 18.4. The number of amides is 1. The molecule has 3 atom stereocenters. The first kappa shape index (κ1) is 71.7. The molecule has 0 spiro atoms. The van der Waals surface area contributed by atoms with E-state index in [2.05, 4.69) is 74.7 Å². The Morgan fingerprint density at radius 1 is 0.473 bits per heavy atom. The van der Waals surface area contributed by atoms with E-state index in [1.54, 1.807) is 0 Å². The van der Waals surface area contributed by atoms with Gasteiger partial charge in [-0.2, -0.15) is 0 Å². The molecule has 432 valence electrons. The Morgan fingerprint density at radius 3 is 1.26 bits per heavy atom. The summed E-state index contributed by atoms with van der Waals surface area (Å²) in [7, 11) is 1.18. The summed E-state index contributed by atoms with van der Waals surface area (Å²) in [5, 5.41) is 3.02. The maximum absolute atomic E-state index is 13.5. The second-order valence-corrected chi connectivity index (χ2v) is 23.6. The van der Waals surface area contributed by atoms with Crippen molar-refractivity contribution in [3.63, 3.8) is 0 Å². The lowest BCUT2D eigenvalue weighted by molar-refractivity contribution is -0.870. The molecule has 0 aromatic heterocycles. The minimum Gasteiger partial charge on any atom is -0.756 e. The average molecular weight is 1060 g/mol. The van der Waals surface area contributed by atoms with Crippen molar-refractivity contribution in [2.75, 3.05) is 40.9 Å². The van der Waals surface area contributed by atoms with Gasteiger partial charge in [-0.3, -0.25) is 14.2 Å². The Kier molecular flexibility index (Phi) is 52.4. The van der Waals surface area contributed by atoms with E-state index >= 15 is 0 Å². The largest absolute Gasteiger partial charge is 0.756 e. The molecule has 0 fully saturated rings. The van der Waals surface area contributed by atoms with E-state index < -0.39 is 26.6 Å². The normalized spacial score (nSPS) is 14.1. The van der Waals surface area contributed by atoms with Crippen molar-refractivity contribution in [2.24, 2.45) is 0 Å². The van der Waals surface area contributed by atoms with Gasteiger partial charge < -0.3 is 28.5 Å². The molecule has 0 saturated carbocycles. The summed E-state index contributed by atoms with van der Waals surface area (Å²) < 4.78 is 30.3. The maximum atomic E-state index is 13.5. The topological polar surface area (TPSA) is 114 Å². The molecular formula is C64H119N2O7P. The van der Waals surface area contributed by atoms with Crippen LogP contribution in [0, 0.1) is 0 Å². The number of unbranched alkanes of at least 4 members (excludes halogenated alkanes) is 32. The third-order valence-corrected chi connectivity index (χ3v) is 14.7. The Labute approximate surface area is 458 Å². The van der Waals surface area contributed by atoms with Gasteiger partial charge in [-0.1, -0.05) is 255 Å². The van der Waals surface area contributed by atoms with Crippen molar-refractivity contribution in [2.45, 2.75) is 296 Å². The zero-order valence-corrected chi connectivity index (χ0v) is 50.2. The number of quaternary nitrogens is 1. The minimum absolute atomic E-state index is 0.0242. The van der Waals surface area contributed by atoms with Crippen LogP contribution in [0.4, 0.5) is 0 Å². The summed E-state index contributed by atoms with van der Waals surface area (Å²) in [5.41, 5.74) is 0. The van der Waals surface area contributed by atoms with Crippen LogP contribution in [0.1, 0.15) is 284 Å². The monoisotopic (exact) mass is 1060 g/mol. The molecule has 0 aliphatic carbocycles. The molecule has 0 heterocycles. The van der Waals surface area contributed by atoms with E-state index in [0.29, 0.717) is 17.4 Å². The van der Waals surface area contributed by atoms with Crippen LogP contribution in [-0.2, 0) is 27.9 Å². The zero-order valence-electron chi connectivity index (χ0n) is 49.3. The highest BCUT2D eigenvalue weighted by Crippen LogP contribution is 2.38. The average Bonchev–Trinajstić information content (AvgIpc) is 3.36. The number of hydrogen-bond donors (Lipinski definition) is 1. The molecular weight excluding hydrogens is 940 g/mol. The Balaban J connectivity index is 5.21. The van der Waals surface area contributed by atoms with Gasteiger partial charge >= 0.3 is 5.97 Å². The van der Waals surface area contributed by atoms with Gasteiger partial charge in [0, 0.05) is 12.8 Å². The van der Waals surface area contributed by atoms with Crippen molar-refractivity contribution in [1.82, 2.24) is 5.32 Å². The molecule has 0 saturated heterocycles. The second-order valence-electron chi connectivity index (χ2n) is 22.2. The Hall–Kier alpha value is -2.29. The molecule has 0 radical (unpaired) electrons. The number of allylic oxidation sites excluding steroid dienone is 9. The van der Waals surface area contributed by atoms with Crippen LogP contribution in [0.25, 0.3) is 0 Å². The molecule has 9 nitrogen and oxygen atoms in total. The molecule has 1 N–H and O–H groups in total. The van der Waals surface area contributed by atoms with Crippen molar-refractivity contribution < 1.29 is 37.3 Å². The lowest BCUT2D eigenvalue weighted by atomic mass is 10.0. The van der Waals surface area contributed by atoms with Crippen LogP contribution in [-0.4, -0.2) is 69.4 Å². The van der Waals surface area contributed by atoms with Gasteiger partial charge in [0.25, 0.3) is 7.82 Å². The second kappa shape index (κ2) is 54.1. The van der Waals surface area contributed by atoms with Crippen LogP contribution in [0.2, 0.25) is 0 Å². The number of rotatable bonds is 56. The van der Waals surface area contributed by atoms with E-state index in [1.165, 1.54) is 161 Å². The quantitative estimate of drug-likeness (QED) is 0.0212. The van der Waals surface area contributed by atoms with Crippen LogP contribution in [0.3, 0.4) is 0 Å². The van der Waals surface area contributed by atoms with E-state index in [-0.39, 0.29) is 24.9 Å². The number of carbonyl (C=O) groups is 2. The van der Waals surface area contributed by atoms with E-state index in [1.807, 2.05) is 33.3 Å². The number of esters is 1. The van der Waals surface area contributed by atoms with Gasteiger partial charge in [-0.05, 0) is 76.7 Å². The molecule has 0 rings (SSSR count). The SMILES string of the molecule is CCCCC/C=C\C/C=C\C/C=C\C/C=C\CCCCCCCCCC(=O)OC(/C=C/CCCCCCCCCCCC)C(COP(=O)([O-])OCC[N+](C)(C)C)NC(=O)CCCCCCCCCCCCCCC. The third kappa shape index (κ3) is 54.5. The number of nitrogens with zero attached hydrogens (tertiary/aromatic N) is 1. The minimum atomic E-state index is -4.70. The lowest BCUT2D eigenvalue weighted by Crippen LogP contribution is -2.47.